The predicted molar refractivity (Wildman–Crippen MR) is 110 cm³/mol. The second kappa shape index (κ2) is 8.25. The van der Waals surface area contributed by atoms with E-state index in [-0.39, 0.29) is 17.4 Å². The van der Waals surface area contributed by atoms with Gasteiger partial charge in [-0.05, 0) is 42.7 Å². The van der Waals surface area contributed by atoms with Crippen LogP contribution < -0.4 is 10.1 Å². The molecule has 29 heavy (non-hydrogen) atoms. The first kappa shape index (κ1) is 20.9. The third kappa shape index (κ3) is 3.98. The van der Waals surface area contributed by atoms with Gasteiger partial charge in [-0.2, -0.15) is 0 Å². The van der Waals surface area contributed by atoms with Gasteiger partial charge in [-0.1, -0.05) is 49.2 Å². The molecular weight excluding hydrogens is 392 g/mol. The SMILES string of the molecule is CCCc1ccc([C@@]2(C)NC(=O)N(CC(=O)c3ccc(OC)c(Cl)c3)C2=O)cc1. The van der Waals surface area contributed by atoms with Crippen LogP contribution in [0.3, 0.4) is 0 Å². The summed E-state index contributed by atoms with van der Waals surface area (Å²) < 4.78 is 5.08. The van der Waals surface area contributed by atoms with Gasteiger partial charge < -0.3 is 10.1 Å². The Morgan fingerprint density at radius 1 is 1.17 bits per heavy atom. The number of nitrogens with zero attached hydrogens (tertiary/aromatic N) is 1. The Labute approximate surface area is 174 Å². The number of benzene rings is 2. The summed E-state index contributed by atoms with van der Waals surface area (Å²) >= 11 is 6.07. The van der Waals surface area contributed by atoms with E-state index in [1.54, 1.807) is 19.1 Å². The fourth-order valence-corrected chi connectivity index (χ4v) is 3.66. The number of urea groups is 1. The van der Waals surface area contributed by atoms with Gasteiger partial charge in [-0.3, -0.25) is 14.5 Å². The summed E-state index contributed by atoms with van der Waals surface area (Å²) in [7, 11) is 1.48. The molecule has 1 N–H and O–H groups in total. The molecule has 1 heterocycles. The van der Waals surface area contributed by atoms with E-state index in [0.717, 1.165) is 17.7 Å². The quantitative estimate of drug-likeness (QED) is 0.549. The lowest BCUT2D eigenvalue weighted by molar-refractivity contribution is -0.130. The molecule has 6 nitrogen and oxygen atoms in total. The third-order valence-corrected chi connectivity index (χ3v) is 5.42. The monoisotopic (exact) mass is 414 g/mol. The van der Waals surface area contributed by atoms with Gasteiger partial charge in [-0.25, -0.2) is 4.79 Å². The van der Waals surface area contributed by atoms with Crippen molar-refractivity contribution in [3.8, 4) is 5.75 Å². The average Bonchev–Trinajstić information content (AvgIpc) is 2.92. The molecule has 3 amide bonds. The van der Waals surface area contributed by atoms with Crippen molar-refractivity contribution in [1.82, 2.24) is 10.2 Å². The van der Waals surface area contributed by atoms with Crippen molar-refractivity contribution in [3.63, 3.8) is 0 Å². The van der Waals surface area contributed by atoms with Crippen LogP contribution in [0.2, 0.25) is 5.02 Å². The number of hydrogen-bond donors (Lipinski definition) is 1. The zero-order valence-electron chi connectivity index (χ0n) is 16.6. The smallest absolute Gasteiger partial charge is 0.325 e. The average molecular weight is 415 g/mol. The van der Waals surface area contributed by atoms with E-state index in [1.807, 2.05) is 24.3 Å². The van der Waals surface area contributed by atoms with Crippen molar-refractivity contribution >= 4 is 29.3 Å². The lowest BCUT2D eigenvalue weighted by atomic mass is 9.91. The number of hydrogen-bond acceptors (Lipinski definition) is 4. The van der Waals surface area contributed by atoms with Crippen LogP contribution in [0.15, 0.2) is 42.5 Å². The summed E-state index contributed by atoms with van der Waals surface area (Å²) in [5, 5.41) is 3.01. The number of carbonyl (C=O) groups excluding carboxylic acids is 3. The Hall–Kier alpha value is -2.86. The summed E-state index contributed by atoms with van der Waals surface area (Å²) in [5.41, 5.74) is 0.937. The highest BCUT2D eigenvalue weighted by atomic mass is 35.5. The molecule has 0 radical (unpaired) electrons. The van der Waals surface area contributed by atoms with Crippen LogP contribution in [-0.2, 0) is 16.8 Å². The van der Waals surface area contributed by atoms with Gasteiger partial charge in [0.05, 0.1) is 18.7 Å². The number of Topliss-reactive ketones (excluding diaryl/α,β-unsaturated/α-hetero) is 1. The minimum Gasteiger partial charge on any atom is -0.495 e. The Balaban J connectivity index is 1.79. The molecule has 0 spiro atoms. The molecule has 0 bridgehead atoms. The van der Waals surface area contributed by atoms with Crippen LogP contribution in [0, 0.1) is 0 Å². The number of aryl methyl sites for hydroxylation is 1. The number of amides is 3. The highest BCUT2D eigenvalue weighted by Gasteiger charge is 2.49. The zero-order valence-corrected chi connectivity index (χ0v) is 17.4. The number of imide groups is 1. The normalized spacial score (nSPS) is 18.7. The summed E-state index contributed by atoms with van der Waals surface area (Å²) in [6.45, 7) is 3.38. The van der Waals surface area contributed by atoms with Crippen molar-refractivity contribution in [1.29, 1.82) is 0 Å². The molecule has 7 heteroatoms. The molecule has 0 aromatic heterocycles. The van der Waals surface area contributed by atoms with E-state index in [0.29, 0.717) is 16.9 Å². The fourth-order valence-electron chi connectivity index (χ4n) is 3.40. The Kier molecular flexibility index (Phi) is 5.94. The topological polar surface area (TPSA) is 75.7 Å². The molecule has 0 aliphatic carbocycles. The summed E-state index contributed by atoms with van der Waals surface area (Å²) in [6.07, 6.45) is 1.97. The number of halogens is 1. The Morgan fingerprint density at radius 3 is 2.45 bits per heavy atom. The molecule has 0 unspecified atom stereocenters. The fraction of sp³-hybridized carbons (Fsp3) is 0.318. The Bertz CT molecular complexity index is 958. The number of rotatable bonds is 7. The van der Waals surface area contributed by atoms with Gasteiger partial charge in [0.2, 0.25) is 0 Å². The largest absolute Gasteiger partial charge is 0.495 e. The van der Waals surface area contributed by atoms with Gasteiger partial charge in [0.1, 0.15) is 11.3 Å². The van der Waals surface area contributed by atoms with Crippen molar-refractivity contribution < 1.29 is 19.1 Å². The second-order valence-electron chi connectivity index (χ2n) is 7.17. The van der Waals surface area contributed by atoms with Gasteiger partial charge in [0.15, 0.2) is 5.78 Å². The van der Waals surface area contributed by atoms with Crippen molar-refractivity contribution in [2.45, 2.75) is 32.2 Å². The number of methoxy groups -OCH3 is 1. The predicted octanol–water partition coefficient (Wildman–Crippen LogP) is 3.95. The Morgan fingerprint density at radius 2 is 1.86 bits per heavy atom. The van der Waals surface area contributed by atoms with E-state index in [1.165, 1.54) is 18.7 Å². The van der Waals surface area contributed by atoms with E-state index < -0.39 is 17.5 Å². The third-order valence-electron chi connectivity index (χ3n) is 5.12. The maximum atomic E-state index is 13.0. The first-order chi connectivity index (χ1) is 13.8. The first-order valence-electron chi connectivity index (χ1n) is 9.40. The molecule has 2 aromatic carbocycles. The summed E-state index contributed by atoms with van der Waals surface area (Å²) in [4.78, 5) is 39.1. The maximum absolute atomic E-state index is 13.0. The number of ether oxygens (including phenoxy) is 1. The molecule has 152 valence electrons. The van der Waals surface area contributed by atoms with E-state index in [2.05, 4.69) is 12.2 Å². The first-order valence-corrected chi connectivity index (χ1v) is 9.78. The molecule has 3 rings (SSSR count). The van der Waals surface area contributed by atoms with Crippen molar-refractivity contribution in [3.05, 3.63) is 64.2 Å². The van der Waals surface area contributed by atoms with Crippen molar-refractivity contribution in [2.75, 3.05) is 13.7 Å². The minimum atomic E-state index is -1.21. The minimum absolute atomic E-state index is 0.285. The van der Waals surface area contributed by atoms with Crippen LogP contribution in [0.5, 0.6) is 5.75 Å². The molecule has 1 atom stereocenters. The summed E-state index contributed by atoms with van der Waals surface area (Å²) in [5.74, 6) is -0.406. The highest BCUT2D eigenvalue weighted by molar-refractivity contribution is 6.32. The molecular formula is C22H23ClN2O4. The number of carbonyl (C=O) groups is 3. The van der Waals surface area contributed by atoms with Crippen LogP contribution >= 0.6 is 11.6 Å². The lowest BCUT2D eigenvalue weighted by Crippen LogP contribution is -2.41. The molecule has 1 aliphatic rings. The zero-order chi connectivity index (χ0) is 21.2. The van der Waals surface area contributed by atoms with Crippen LogP contribution in [0.4, 0.5) is 4.79 Å². The molecule has 1 saturated heterocycles. The van der Waals surface area contributed by atoms with E-state index in [4.69, 9.17) is 16.3 Å². The van der Waals surface area contributed by atoms with Crippen LogP contribution in [0.1, 0.15) is 41.8 Å². The molecule has 2 aromatic rings. The van der Waals surface area contributed by atoms with Gasteiger partial charge in [0, 0.05) is 5.56 Å². The number of ketones is 1. The van der Waals surface area contributed by atoms with Gasteiger partial charge >= 0.3 is 6.03 Å². The highest BCUT2D eigenvalue weighted by Crippen LogP contribution is 2.30. The van der Waals surface area contributed by atoms with Gasteiger partial charge in [-0.15, -0.1) is 0 Å². The van der Waals surface area contributed by atoms with Crippen molar-refractivity contribution in [2.24, 2.45) is 0 Å². The van der Waals surface area contributed by atoms with Crippen LogP contribution in [-0.4, -0.2) is 36.3 Å². The van der Waals surface area contributed by atoms with E-state index >= 15 is 0 Å². The van der Waals surface area contributed by atoms with E-state index in [9.17, 15) is 14.4 Å². The molecule has 1 aliphatic heterocycles. The summed E-state index contributed by atoms with van der Waals surface area (Å²) in [6, 6.07) is 11.6. The molecule has 0 saturated carbocycles. The standard InChI is InChI=1S/C22H23ClN2O4/c1-4-5-14-6-9-16(10-7-14)22(2)20(27)25(21(28)24-22)13-18(26)15-8-11-19(29-3)17(23)12-15/h6-12H,4-5,13H2,1-3H3,(H,24,28)/t22-/m1/s1. The van der Waals surface area contributed by atoms with Gasteiger partial charge in [0.25, 0.3) is 5.91 Å². The van der Waals surface area contributed by atoms with Crippen LogP contribution in [0.25, 0.3) is 0 Å². The number of nitrogens with one attached hydrogen (secondary N) is 1. The second-order valence-corrected chi connectivity index (χ2v) is 7.57. The maximum Gasteiger partial charge on any atom is 0.325 e. The molecule has 1 fully saturated rings. The lowest BCUT2D eigenvalue weighted by Gasteiger charge is -2.22.